The molecule has 8 nitrogen and oxygen atoms in total. The van der Waals surface area contributed by atoms with E-state index >= 15 is 0 Å². The third-order valence-electron chi connectivity index (χ3n) is 12.7. The summed E-state index contributed by atoms with van der Waals surface area (Å²) in [6.45, 7) is 8.15. The summed E-state index contributed by atoms with van der Waals surface area (Å²) in [6.07, 6.45) is 8.86. The molecule has 308 valence electrons. The molecule has 0 fully saturated rings. The zero-order valence-corrected chi connectivity index (χ0v) is 35.8. The van der Waals surface area contributed by atoms with E-state index in [1.807, 2.05) is 80.6 Å². The van der Waals surface area contributed by atoms with Crippen LogP contribution in [-0.2, 0) is 0 Å². The second-order valence-electron chi connectivity index (χ2n) is 16.5. The van der Waals surface area contributed by atoms with Crippen molar-refractivity contribution in [3.05, 3.63) is 166 Å². The van der Waals surface area contributed by atoms with Crippen molar-refractivity contribution >= 4 is 100 Å². The van der Waals surface area contributed by atoms with Gasteiger partial charge < -0.3 is 29.0 Å². The van der Waals surface area contributed by atoms with Crippen LogP contribution in [0.2, 0.25) is 0 Å². The third kappa shape index (κ3) is 5.73. The summed E-state index contributed by atoms with van der Waals surface area (Å²) in [5.41, 5.74) is 18.5. The predicted molar refractivity (Wildman–Crippen MR) is 263 cm³/mol. The number of aromatic nitrogens is 2. The van der Waals surface area contributed by atoms with Crippen molar-refractivity contribution in [3.8, 4) is 23.5 Å². The maximum absolute atomic E-state index is 11.9. The highest BCUT2D eigenvalue weighted by atomic mass is 16.3. The molecule has 11 rings (SSSR count). The zero-order valence-electron chi connectivity index (χ0n) is 35.8. The van der Waals surface area contributed by atoms with Gasteiger partial charge in [0.05, 0.1) is 44.8 Å². The Morgan fingerprint density at radius 2 is 1.20 bits per heavy atom. The van der Waals surface area contributed by atoms with Gasteiger partial charge in [0.15, 0.2) is 0 Å². The Morgan fingerprint density at radius 1 is 0.609 bits per heavy atom. The van der Waals surface area contributed by atoms with Crippen LogP contribution < -0.4 is 21.7 Å². The summed E-state index contributed by atoms with van der Waals surface area (Å²) >= 11 is 0. The van der Waals surface area contributed by atoms with Crippen molar-refractivity contribution in [1.82, 2.24) is 9.13 Å². The van der Waals surface area contributed by atoms with Crippen LogP contribution in [0, 0.1) is 36.5 Å². The number of para-hydroxylation sites is 3. The molecule has 0 aliphatic heterocycles. The Kier molecular flexibility index (Phi) is 8.94. The highest BCUT2D eigenvalue weighted by molar-refractivity contribution is 6.18. The van der Waals surface area contributed by atoms with Crippen molar-refractivity contribution in [3.63, 3.8) is 0 Å². The van der Waals surface area contributed by atoms with Crippen LogP contribution in [-0.4, -0.2) is 15.2 Å². The van der Waals surface area contributed by atoms with Gasteiger partial charge in [-0.05, 0) is 94.8 Å². The lowest BCUT2D eigenvalue weighted by molar-refractivity contribution is 0.574. The zero-order chi connectivity index (χ0) is 43.8. The standard InChI is InChI=1S/C56H42N6O2/c1-5-7-14-34(27-41-36-16-9-12-19-50(36)63-49(41)6-2)60-54-53(59)43(30-57)55(44(31-58)56(54)61-46-23-21-32(3)25-38(46)39-26-33(4)22-24-47(39)61)62-45-18-11-8-15-35(45)40-29-52-42(28-48(40)62)37-17-10-13-20-51(37)64-52/h5-13,15-29,34,60H,14,59H2,1-4H3/b7-5-,41-27-,49-6+. The van der Waals surface area contributed by atoms with E-state index in [-0.39, 0.29) is 17.3 Å². The number of hydrogen-bond acceptors (Lipinski definition) is 6. The van der Waals surface area contributed by atoms with E-state index in [1.165, 1.54) is 0 Å². The number of fused-ring (bicyclic) bond motifs is 10. The van der Waals surface area contributed by atoms with Gasteiger partial charge in [0.25, 0.3) is 0 Å². The number of allylic oxidation sites excluding steroid dienone is 1. The van der Waals surface area contributed by atoms with E-state index in [2.05, 4.69) is 119 Å². The number of furan rings is 2. The van der Waals surface area contributed by atoms with Gasteiger partial charge in [-0.3, -0.25) is 0 Å². The molecule has 8 heteroatoms. The normalized spacial score (nSPS) is 13.2. The number of hydrogen-bond donors (Lipinski definition) is 2. The fourth-order valence-corrected chi connectivity index (χ4v) is 9.78. The number of rotatable bonds is 7. The third-order valence-corrected chi connectivity index (χ3v) is 12.7. The van der Waals surface area contributed by atoms with Gasteiger partial charge in [-0.15, -0.1) is 0 Å². The Labute approximate surface area is 368 Å². The topological polar surface area (TPSA) is 122 Å². The molecule has 1 atom stereocenters. The minimum absolute atomic E-state index is 0.191. The Bertz CT molecular complexity index is 3950. The number of aryl methyl sites for hydroxylation is 2. The van der Waals surface area contributed by atoms with Crippen molar-refractivity contribution in [2.45, 2.75) is 40.2 Å². The van der Waals surface area contributed by atoms with Crippen LogP contribution in [0.15, 0.2) is 142 Å². The lowest BCUT2D eigenvalue weighted by Gasteiger charge is -2.26. The van der Waals surface area contributed by atoms with E-state index < -0.39 is 0 Å². The molecule has 0 spiro atoms. The largest absolute Gasteiger partial charge is 0.456 e. The van der Waals surface area contributed by atoms with Gasteiger partial charge in [-0.25, -0.2) is 0 Å². The van der Waals surface area contributed by atoms with Gasteiger partial charge >= 0.3 is 0 Å². The smallest absolute Gasteiger partial charge is 0.136 e. The van der Waals surface area contributed by atoms with Crippen molar-refractivity contribution < 1.29 is 8.83 Å². The molecule has 64 heavy (non-hydrogen) atoms. The Morgan fingerprint density at radius 3 is 1.88 bits per heavy atom. The molecule has 7 aromatic carbocycles. The average molecular weight is 831 g/mol. The number of nitrogens with one attached hydrogen (secondary N) is 1. The van der Waals surface area contributed by atoms with Gasteiger partial charge in [0.1, 0.15) is 45.4 Å². The van der Waals surface area contributed by atoms with Gasteiger partial charge in [0.2, 0.25) is 0 Å². The first-order chi connectivity index (χ1) is 31.3. The maximum Gasteiger partial charge on any atom is 0.136 e. The molecular formula is C56H42N6O2. The molecule has 0 radical (unpaired) electrons. The fourth-order valence-electron chi connectivity index (χ4n) is 9.78. The summed E-state index contributed by atoms with van der Waals surface area (Å²) in [7, 11) is 0. The molecule has 1 unspecified atom stereocenters. The summed E-state index contributed by atoms with van der Waals surface area (Å²) in [4.78, 5) is 0. The van der Waals surface area contributed by atoms with E-state index in [4.69, 9.17) is 14.6 Å². The Balaban J connectivity index is 1.30. The Hall–Kier alpha value is -8.46. The molecule has 11 aromatic rings. The van der Waals surface area contributed by atoms with Crippen LogP contribution in [0.25, 0.3) is 100 Å². The van der Waals surface area contributed by atoms with E-state index in [9.17, 15) is 10.5 Å². The molecule has 0 saturated carbocycles. The second-order valence-corrected chi connectivity index (χ2v) is 16.5. The number of anilines is 2. The minimum Gasteiger partial charge on any atom is -0.456 e. The van der Waals surface area contributed by atoms with Gasteiger partial charge in [0, 0.05) is 49.0 Å². The number of benzene rings is 7. The van der Waals surface area contributed by atoms with Gasteiger partial charge in [-0.1, -0.05) is 96.1 Å². The monoisotopic (exact) mass is 830 g/mol. The molecule has 0 aliphatic carbocycles. The van der Waals surface area contributed by atoms with Gasteiger partial charge in [-0.2, -0.15) is 10.5 Å². The molecule has 3 N–H and O–H groups in total. The summed E-state index contributed by atoms with van der Waals surface area (Å²) in [6, 6.07) is 46.0. The minimum atomic E-state index is -0.352. The van der Waals surface area contributed by atoms with E-state index in [1.54, 1.807) is 0 Å². The van der Waals surface area contributed by atoms with Crippen LogP contribution in [0.1, 0.15) is 42.5 Å². The van der Waals surface area contributed by atoms with Crippen LogP contribution in [0.5, 0.6) is 0 Å². The van der Waals surface area contributed by atoms with E-state index in [0.717, 1.165) is 98.3 Å². The maximum atomic E-state index is 11.9. The van der Waals surface area contributed by atoms with Crippen molar-refractivity contribution in [2.24, 2.45) is 0 Å². The lowest BCUT2D eigenvalue weighted by Crippen LogP contribution is -2.27. The second kappa shape index (κ2) is 14.9. The van der Waals surface area contributed by atoms with Crippen molar-refractivity contribution in [1.29, 1.82) is 10.5 Å². The van der Waals surface area contributed by atoms with E-state index in [0.29, 0.717) is 29.0 Å². The average Bonchev–Trinajstić information content (AvgIpc) is 4.04. The SMILES string of the molecule is C/C=C\CC(/C=c1\c(=C/C)oc2ccccc12)Nc1c(N)c(C#N)c(-n2c3ccccc3c3cc4oc5ccccc5c4cc32)c(C#N)c1-n1c2ccc(C)cc2c2cc(C)ccc21. The summed E-state index contributed by atoms with van der Waals surface area (Å²) in [5.74, 6) is 0. The lowest BCUT2D eigenvalue weighted by atomic mass is 9.99. The van der Waals surface area contributed by atoms with Crippen LogP contribution in [0.4, 0.5) is 11.4 Å². The highest BCUT2D eigenvalue weighted by Crippen LogP contribution is 2.47. The molecule has 4 heterocycles. The first kappa shape index (κ1) is 38.5. The molecular weight excluding hydrogens is 789 g/mol. The molecule has 0 bridgehead atoms. The molecule has 0 saturated heterocycles. The first-order valence-electron chi connectivity index (χ1n) is 21.5. The fraction of sp³-hybridized carbons (Fsp3) is 0.107. The summed E-state index contributed by atoms with van der Waals surface area (Å²) < 4.78 is 16.9. The molecule has 0 aliphatic rings. The highest BCUT2D eigenvalue weighted by Gasteiger charge is 2.31. The number of nitrogen functional groups attached to an aromatic ring is 1. The summed E-state index contributed by atoms with van der Waals surface area (Å²) in [5, 5.41) is 35.0. The quantitative estimate of drug-likeness (QED) is 0.122. The molecule has 0 amide bonds. The number of nitrogens with zero attached hydrogens (tertiary/aromatic N) is 4. The predicted octanol–water partition coefficient (Wildman–Crippen LogP) is 12.5. The number of nitriles is 2. The molecule has 4 aromatic heterocycles. The van der Waals surface area contributed by atoms with Crippen LogP contribution in [0.3, 0.4) is 0 Å². The number of nitrogens with two attached hydrogens (primary N) is 1. The first-order valence-corrected chi connectivity index (χ1v) is 21.5. The van der Waals surface area contributed by atoms with Crippen LogP contribution >= 0.6 is 0 Å². The van der Waals surface area contributed by atoms with Crippen molar-refractivity contribution in [2.75, 3.05) is 11.1 Å².